The molecule has 5 N–H and O–H groups in total. The van der Waals surface area contributed by atoms with Crippen LogP contribution in [0.15, 0.2) is 74.0 Å². The number of H-pyrrole nitrogens is 1. The van der Waals surface area contributed by atoms with Crippen LogP contribution in [0.25, 0.3) is 67.3 Å². The molecule has 12 rings (SSSR count). The SMILES string of the molecule is CNC(=O)c1ccc(-c2nc(N3CCOCC3)nc3c2ncn3CCO)cn1.CNC(=O)c1ccc(-c2nc(N3CCOCC3)nc3c2ncn3COCC[Si](C)(C)C)cn1.CNC(=O)c1ccc(-c2nc(N3CCOCC3)nc3nc[nH]c23)cn1. The number of aliphatic hydroxyl groups excluding tert-OH is 1. The van der Waals surface area contributed by atoms with Gasteiger partial charge in [-0.05, 0) is 42.4 Å². The summed E-state index contributed by atoms with van der Waals surface area (Å²) in [5.41, 5.74) is 9.37. The highest BCUT2D eigenvalue weighted by Gasteiger charge is 2.24. The summed E-state index contributed by atoms with van der Waals surface area (Å²) in [6.45, 7) is 16.6. The average molecular weight is 1190 g/mol. The monoisotopic (exact) mass is 1190 g/mol. The zero-order chi connectivity index (χ0) is 60.2. The first kappa shape index (κ1) is 60.1. The lowest BCUT2D eigenvalue weighted by Gasteiger charge is -2.27. The first-order valence-corrected chi connectivity index (χ1v) is 31.9. The van der Waals surface area contributed by atoms with Crippen LogP contribution in [0, 0.1) is 0 Å². The third-order valence-electron chi connectivity index (χ3n) is 14.1. The van der Waals surface area contributed by atoms with Gasteiger partial charge in [0.2, 0.25) is 17.8 Å². The molecule has 0 aliphatic carbocycles. The van der Waals surface area contributed by atoms with Crippen molar-refractivity contribution < 1.29 is 38.4 Å². The van der Waals surface area contributed by atoms with Gasteiger partial charge in [0.1, 0.15) is 57.4 Å². The van der Waals surface area contributed by atoms with E-state index in [2.05, 4.69) is 95.1 Å². The van der Waals surface area contributed by atoms with E-state index in [1.165, 1.54) is 0 Å². The molecule has 0 atom stereocenters. The average Bonchev–Trinajstić information content (AvgIpc) is 2.01. The van der Waals surface area contributed by atoms with E-state index in [1.807, 2.05) is 16.7 Å². The number of carbonyl (C=O) groups excluding carboxylic acids is 3. The van der Waals surface area contributed by atoms with Gasteiger partial charge in [0.25, 0.3) is 17.7 Å². The highest BCUT2D eigenvalue weighted by atomic mass is 28.3. The number of pyridine rings is 3. The molecule has 3 saturated heterocycles. The number of rotatable bonds is 16. The number of aromatic amines is 1. The predicted octanol–water partition coefficient (Wildman–Crippen LogP) is 3.08. The van der Waals surface area contributed by atoms with Gasteiger partial charge in [0.05, 0.1) is 65.2 Å². The van der Waals surface area contributed by atoms with E-state index in [-0.39, 0.29) is 24.3 Å². The number of morpholine rings is 3. The maximum absolute atomic E-state index is 11.9. The second-order valence-corrected chi connectivity index (χ2v) is 26.7. The van der Waals surface area contributed by atoms with Crippen molar-refractivity contribution in [1.29, 1.82) is 0 Å². The fraction of sp³-hybridized carbons (Fsp3) is 0.411. The summed E-state index contributed by atoms with van der Waals surface area (Å²) in [5, 5.41) is 17.0. The number of fused-ring (bicyclic) bond motifs is 3. The molecule has 0 unspecified atom stereocenters. The fourth-order valence-corrected chi connectivity index (χ4v) is 10.1. The molecule has 3 aliphatic heterocycles. The number of nitrogens with zero attached hydrogens (tertiary/aromatic N) is 17. The van der Waals surface area contributed by atoms with Crippen molar-refractivity contribution in [1.82, 2.24) is 89.9 Å². The van der Waals surface area contributed by atoms with Crippen molar-refractivity contribution in [2.45, 2.75) is 39.0 Å². The Morgan fingerprint density at radius 2 is 0.977 bits per heavy atom. The van der Waals surface area contributed by atoms with E-state index in [0.29, 0.717) is 153 Å². The van der Waals surface area contributed by atoms with E-state index in [0.717, 1.165) is 54.4 Å². The Hall–Kier alpha value is -9.07. The summed E-state index contributed by atoms with van der Waals surface area (Å²) >= 11 is 0. The Morgan fingerprint density at radius 3 is 1.40 bits per heavy atom. The molecule has 12 heterocycles. The summed E-state index contributed by atoms with van der Waals surface area (Å²) in [7, 11) is 3.56. The van der Waals surface area contributed by atoms with Gasteiger partial charge in [-0.25, -0.2) is 29.9 Å². The Balaban J connectivity index is 0.000000144. The third-order valence-corrected chi connectivity index (χ3v) is 15.8. The van der Waals surface area contributed by atoms with Crippen LogP contribution in [0.3, 0.4) is 0 Å². The topological polar surface area (TPSA) is 335 Å². The number of hydrogen-bond acceptors (Lipinski definition) is 23. The molecule has 9 aromatic heterocycles. The van der Waals surface area contributed by atoms with Gasteiger partial charge in [-0.3, -0.25) is 33.9 Å². The first-order valence-electron chi connectivity index (χ1n) is 28.2. The van der Waals surface area contributed by atoms with Crippen LogP contribution >= 0.6 is 0 Å². The number of nitrogens with one attached hydrogen (secondary N) is 4. The van der Waals surface area contributed by atoms with Crippen LogP contribution in [-0.4, -0.2) is 218 Å². The number of ether oxygens (including phenoxy) is 4. The van der Waals surface area contributed by atoms with Gasteiger partial charge in [-0.2, -0.15) is 15.0 Å². The third kappa shape index (κ3) is 14.2. The van der Waals surface area contributed by atoms with Crippen molar-refractivity contribution in [3.05, 3.63) is 91.1 Å². The zero-order valence-corrected chi connectivity index (χ0v) is 49.9. The summed E-state index contributed by atoms with van der Waals surface area (Å²) in [5.74, 6) is 1.12. The summed E-state index contributed by atoms with van der Waals surface area (Å²) in [4.78, 5) is 99.1. The molecule has 0 radical (unpaired) electrons. The van der Waals surface area contributed by atoms with E-state index in [1.54, 1.807) is 87.5 Å². The molecule has 450 valence electrons. The van der Waals surface area contributed by atoms with Crippen molar-refractivity contribution in [2.75, 3.05) is 128 Å². The Labute approximate surface area is 495 Å². The minimum atomic E-state index is -1.16. The lowest BCUT2D eigenvalue weighted by atomic mass is 10.1. The molecule has 3 aliphatic rings. The van der Waals surface area contributed by atoms with Gasteiger partial charge in [-0.15, -0.1) is 0 Å². The normalized spacial score (nSPS) is 14.6. The van der Waals surface area contributed by atoms with Gasteiger partial charge >= 0.3 is 0 Å². The molecule has 30 heteroatoms. The number of carbonyl (C=O) groups is 3. The van der Waals surface area contributed by atoms with E-state index >= 15 is 0 Å². The molecular formula is C56H69N21O8Si. The van der Waals surface area contributed by atoms with E-state index < -0.39 is 8.07 Å². The molecule has 3 amide bonds. The molecule has 3 fully saturated rings. The Kier molecular flexibility index (Phi) is 19.4. The van der Waals surface area contributed by atoms with Crippen LogP contribution in [0.4, 0.5) is 17.8 Å². The van der Waals surface area contributed by atoms with Crippen molar-refractivity contribution in [3.8, 4) is 33.8 Å². The van der Waals surface area contributed by atoms with Crippen LogP contribution in [0.5, 0.6) is 0 Å². The molecule has 0 aromatic carbocycles. The zero-order valence-electron chi connectivity index (χ0n) is 48.9. The Bertz CT molecular complexity index is 3760. The lowest BCUT2D eigenvalue weighted by molar-refractivity contribution is 0.0894. The maximum atomic E-state index is 11.9. The van der Waals surface area contributed by atoms with Gasteiger partial charge < -0.3 is 64.3 Å². The maximum Gasteiger partial charge on any atom is 0.269 e. The van der Waals surface area contributed by atoms with Gasteiger partial charge in [0, 0.05) is 117 Å². The van der Waals surface area contributed by atoms with Gasteiger partial charge in [0.15, 0.2) is 16.9 Å². The fourth-order valence-electron chi connectivity index (χ4n) is 9.31. The molecule has 29 nitrogen and oxygen atoms in total. The van der Waals surface area contributed by atoms with E-state index in [4.69, 9.17) is 38.9 Å². The van der Waals surface area contributed by atoms with Crippen molar-refractivity contribution >= 4 is 77.1 Å². The second kappa shape index (κ2) is 27.8. The van der Waals surface area contributed by atoms with Crippen molar-refractivity contribution in [3.63, 3.8) is 0 Å². The second-order valence-electron chi connectivity index (χ2n) is 21.1. The Morgan fingerprint density at radius 1 is 0.558 bits per heavy atom. The standard InChI is InChI=1S/C22H31N7O3Si.C18H21N7O3.C16H17N7O2/c1-23-21(30)17-6-5-16(13-24-17)18-19-20(27-22(26-18)28-7-9-31-10-8-28)29(14-25-19)15-32-11-12-33(2,3)4;1-19-17(27)13-3-2-12(10-20-13)14-15-16(25(4-7-26)11-21-15)23-18(22-14)24-5-8-28-9-6-24;1-17-15(24)11-3-2-10(8-18-11)12-13-14(20-9-19-13)22-16(21-12)23-4-6-25-7-5-23/h5-6,13-14H,7-12,15H2,1-4H3,(H,23,30);2-3,10-11,26H,4-9H2,1H3,(H,19,27);2-3,8-9H,4-7H2,1H3,(H,17,24)(H,19,20,21,22). The highest BCUT2D eigenvalue weighted by molar-refractivity contribution is 6.76. The summed E-state index contributed by atoms with van der Waals surface area (Å²) < 4.78 is 26.0. The number of amides is 3. The predicted molar refractivity (Wildman–Crippen MR) is 322 cm³/mol. The number of aromatic nitrogens is 15. The largest absolute Gasteiger partial charge is 0.395 e. The summed E-state index contributed by atoms with van der Waals surface area (Å²) in [6, 6.07) is 11.6. The number of hydrogen-bond donors (Lipinski definition) is 5. The molecule has 0 saturated carbocycles. The molecule has 86 heavy (non-hydrogen) atoms. The molecule has 0 bridgehead atoms. The number of imidazole rings is 3. The van der Waals surface area contributed by atoms with Crippen LogP contribution in [-0.2, 0) is 32.2 Å². The molecule has 0 spiro atoms. The van der Waals surface area contributed by atoms with Crippen LogP contribution in [0.1, 0.15) is 31.5 Å². The lowest BCUT2D eigenvalue weighted by Crippen LogP contribution is -2.37. The number of anilines is 3. The van der Waals surface area contributed by atoms with Crippen LogP contribution in [0.2, 0.25) is 25.7 Å². The van der Waals surface area contributed by atoms with Crippen LogP contribution < -0.4 is 30.7 Å². The number of aliphatic hydroxyl groups is 1. The molecular weight excluding hydrogens is 1120 g/mol. The van der Waals surface area contributed by atoms with Crippen molar-refractivity contribution in [2.24, 2.45) is 0 Å². The smallest absolute Gasteiger partial charge is 0.269 e. The van der Waals surface area contributed by atoms with Gasteiger partial charge in [-0.1, -0.05) is 19.6 Å². The quantitative estimate of drug-likeness (QED) is 0.0685. The summed E-state index contributed by atoms with van der Waals surface area (Å²) in [6.07, 6.45) is 9.88. The highest BCUT2D eigenvalue weighted by Crippen LogP contribution is 2.31. The van der Waals surface area contributed by atoms with E-state index in [9.17, 15) is 19.5 Å². The first-order chi connectivity index (χ1) is 41.8. The molecule has 9 aromatic rings. The minimum Gasteiger partial charge on any atom is -0.395 e. The minimum absolute atomic E-state index is 0.0138.